The van der Waals surface area contributed by atoms with Crippen LogP contribution in [0.4, 0.5) is 0 Å². The Labute approximate surface area is 94.7 Å². The van der Waals surface area contributed by atoms with Crippen molar-refractivity contribution in [3.05, 3.63) is 57.5 Å². The van der Waals surface area contributed by atoms with E-state index < -0.39 is 0 Å². The fourth-order valence-corrected chi connectivity index (χ4v) is 1.74. The Balaban J connectivity index is 2.30. The first-order valence-electron chi connectivity index (χ1n) is 5.54. The highest BCUT2D eigenvalue weighted by Crippen LogP contribution is 2.07. The van der Waals surface area contributed by atoms with Crippen molar-refractivity contribution in [3.8, 4) is 0 Å². The molecule has 0 spiro atoms. The van der Waals surface area contributed by atoms with Gasteiger partial charge < -0.3 is 0 Å². The molecule has 16 heavy (non-hydrogen) atoms. The van der Waals surface area contributed by atoms with Gasteiger partial charge in [0.15, 0.2) is 0 Å². The first-order chi connectivity index (χ1) is 7.70. The minimum atomic E-state index is 0.0418. The summed E-state index contributed by atoms with van der Waals surface area (Å²) in [5.41, 5.74) is 3.41. The summed E-state index contributed by atoms with van der Waals surface area (Å²) in [5, 5.41) is 3.11. The Morgan fingerprint density at radius 3 is 2.69 bits per heavy atom. The van der Waals surface area contributed by atoms with E-state index in [4.69, 9.17) is 0 Å². The number of nitrogens with zero attached hydrogens (tertiary/aromatic N) is 1. The lowest BCUT2D eigenvalue weighted by Gasteiger charge is -2.05. The van der Waals surface area contributed by atoms with Crippen LogP contribution in [0.1, 0.15) is 23.7 Å². The molecular weight excluding hydrogens is 200 g/mol. The third-order valence-electron chi connectivity index (χ3n) is 2.81. The number of nitrogens with one attached hydrogen (secondary N) is 1. The van der Waals surface area contributed by atoms with Crippen molar-refractivity contribution in [2.24, 2.45) is 0 Å². The largest absolute Gasteiger partial charge is 0.299 e. The van der Waals surface area contributed by atoms with Crippen LogP contribution in [-0.4, -0.2) is 9.78 Å². The Hall–Kier alpha value is -1.77. The third-order valence-corrected chi connectivity index (χ3v) is 2.81. The molecular formula is C13H16N2O. The molecule has 0 aliphatic heterocycles. The minimum absolute atomic E-state index is 0.0418. The van der Waals surface area contributed by atoms with Crippen LogP contribution in [-0.2, 0) is 13.0 Å². The van der Waals surface area contributed by atoms with Gasteiger partial charge >= 0.3 is 0 Å². The fraction of sp³-hybridized carbons (Fsp3) is 0.308. The van der Waals surface area contributed by atoms with Crippen molar-refractivity contribution in [3.63, 3.8) is 0 Å². The summed E-state index contributed by atoms with van der Waals surface area (Å²) in [6.07, 6.45) is 0.857. The van der Waals surface area contributed by atoms with Gasteiger partial charge in [-0.2, -0.15) is 0 Å². The van der Waals surface area contributed by atoms with E-state index in [0.717, 1.165) is 12.1 Å². The van der Waals surface area contributed by atoms with E-state index in [2.05, 4.69) is 18.1 Å². The molecule has 84 valence electrons. The van der Waals surface area contributed by atoms with E-state index in [-0.39, 0.29) is 5.56 Å². The summed E-state index contributed by atoms with van der Waals surface area (Å²) in [5.74, 6) is 0. The van der Waals surface area contributed by atoms with Crippen LogP contribution in [0.15, 0.2) is 35.1 Å². The number of hydrogen-bond donors (Lipinski definition) is 1. The van der Waals surface area contributed by atoms with E-state index in [1.165, 1.54) is 11.1 Å². The molecule has 3 nitrogen and oxygen atoms in total. The molecule has 0 aliphatic carbocycles. The zero-order chi connectivity index (χ0) is 11.5. The van der Waals surface area contributed by atoms with Gasteiger partial charge in [-0.3, -0.25) is 9.89 Å². The maximum Gasteiger partial charge on any atom is 0.267 e. The second-order valence-electron chi connectivity index (χ2n) is 3.99. The second kappa shape index (κ2) is 4.39. The molecule has 1 aromatic heterocycles. The number of hydrogen-bond acceptors (Lipinski definition) is 1. The molecule has 0 atom stereocenters. The number of aryl methyl sites for hydroxylation is 2. The van der Waals surface area contributed by atoms with Gasteiger partial charge in [0.25, 0.3) is 5.56 Å². The molecule has 0 aliphatic rings. The van der Waals surface area contributed by atoms with E-state index in [0.29, 0.717) is 6.54 Å². The van der Waals surface area contributed by atoms with Gasteiger partial charge in [-0.15, -0.1) is 0 Å². The molecule has 1 aromatic carbocycles. The predicted molar refractivity (Wildman–Crippen MR) is 64.7 cm³/mol. The minimum Gasteiger partial charge on any atom is -0.299 e. The summed E-state index contributed by atoms with van der Waals surface area (Å²) in [6.45, 7) is 4.71. The number of H-pyrrole nitrogens is 1. The molecule has 3 heteroatoms. The highest BCUT2D eigenvalue weighted by atomic mass is 16.1. The Kier molecular flexibility index (Phi) is 2.95. The van der Waals surface area contributed by atoms with Gasteiger partial charge in [-0.1, -0.05) is 31.2 Å². The summed E-state index contributed by atoms with van der Waals surface area (Å²) in [7, 11) is 0. The molecule has 0 unspecified atom stereocenters. The standard InChI is InChI=1S/C13H16N2O/c1-3-12-8-13(16)15(14-12)9-11-7-5-4-6-10(11)2/h4-8,14H,3,9H2,1-2H3. The predicted octanol–water partition coefficient (Wildman–Crippen LogP) is 2.10. The summed E-state index contributed by atoms with van der Waals surface area (Å²) in [4.78, 5) is 11.6. The van der Waals surface area contributed by atoms with Crippen LogP contribution in [0.5, 0.6) is 0 Å². The number of aromatic nitrogens is 2. The molecule has 1 heterocycles. The summed E-state index contributed by atoms with van der Waals surface area (Å²) in [6, 6.07) is 9.78. The average Bonchev–Trinajstić information content (AvgIpc) is 2.63. The molecule has 0 bridgehead atoms. The van der Waals surface area contributed by atoms with E-state index in [1.54, 1.807) is 10.7 Å². The van der Waals surface area contributed by atoms with Crippen LogP contribution in [0, 0.1) is 6.92 Å². The lowest BCUT2D eigenvalue weighted by atomic mass is 10.1. The smallest absolute Gasteiger partial charge is 0.267 e. The Morgan fingerprint density at radius 2 is 2.06 bits per heavy atom. The molecule has 2 rings (SSSR count). The van der Waals surface area contributed by atoms with Gasteiger partial charge in [-0.05, 0) is 24.5 Å². The first kappa shape index (κ1) is 10.7. The Morgan fingerprint density at radius 1 is 1.31 bits per heavy atom. The third kappa shape index (κ3) is 2.08. The van der Waals surface area contributed by atoms with Gasteiger partial charge in [0.1, 0.15) is 0 Å². The lowest BCUT2D eigenvalue weighted by molar-refractivity contribution is 0.650. The quantitative estimate of drug-likeness (QED) is 0.838. The summed E-state index contributed by atoms with van der Waals surface area (Å²) < 4.78 is 1.65. The SMILES string of the molecule is CCc1cc(=O)n(Cc2ccccc2C)[nH]1. The highest BCUT2D eigenvalue weighted by Gasteiger charge is 2.03. The van der Waals surface area contributed by atoms with Crippen molar-refractivity contribution in [2.45, 2.75) is 26.8 Å². The zero-order valence-corrected chi connectivity index (χ0v) is 9.66. The number of benzene rings is 1. The maximum absolute atomic E-state index is 11.6. The lowest BCUT2D eigenvalue weighted by Crippen LogP contribution is -2.17. The number of rotatable bonds is 3. The van der Waals surface area contributed by atoms with Crippen LogP contribution in [0.25, 0.3) is 0 Å². The van der Waals surface area contributed by atoms with Gasteiger partial charge in [0, 0.05) is 11.8 Å². The summed E-state index contributed by atoms with van der Waals surface area (Å²) >= 11 is 0. The van der Waals surface area contributed by atoms with Crippen molar-refractivity contribution in [2.75, 3.05) is 0 Å². The number of aromatic amines is 1. The van der Waals surface area contributed by atoms with Crippen molar-refractivity contribution >= 4 is 0 Å². The van der Waals surface area contributed by atoms with Gasteiger partial charge in [-0.25, -0.2) is 4.68 Å². The van der Waals surface area contributed by atoms with Crippen LogP contribution in [0.3, 0.4) is 0 Å². The van der Waals surface area contributed by atoms with E-state index in [1.807, 2.05) is 25.1 Å². The monoisotopic (exact) mass is 216 g/mol. The Bertz CT molecular complexity index is 537. The van der Waals surface area contributed by atoms with Crippen LogP contribution in [0.2, 0.25) is 0 Å². The van der Waals surface area contributed by atoms with Crippen LogP contribution < -0.4 is 5.56 Å². The molecule has 0 radical (unpaired) electrons. The molecule has 2 aromatic rings. The average molecular weight is 216 g/mol. The first-order valence-corrected chi connectivity index (χ1v) is 5.54. The zero-order valence-electron chi connectivity index (χ0n) is 9.66. The van der Waals surface area contributed by atoms with Crippen molar-refractivity contribution in [1.29, 1.82) is 0 Å². The molecule has 0 fully saturated rings. The fourth-order valence-electron chi connectivity index (χ4n) is 1.74. The van der Waals surface area contributed by atoms with Gasteiger partial charge in [0.2, 0.25) is 0 Å². The second-order valence-corrected chi connectivity index (χ2v) is 3.99. The normalized spacial score (nSPS) is 10.6. The van der Waals surface area contributed by atoms with E-state index >= 15 is 0 Å². The molecule has 1 N–H and O–H groups in total. The highest BCUT2D eigenvalue weighted by molar-refractivity contribution is 5.25. The topological polar surface area (TPSA) is 37.8 Å². The van der Waals surface area contributed by atoms with Crippen molar-refractivity contribution in [1.82, 2.24) is 9.78 Å². The molecule has 0 amide bonds. The van der Waals surface area contributed by atoms with Gasteiger partial charge in [0.05, 0.1) is 6.54 Å². The van der Waals surface area contributed by atoms with Crippen molar-refractivity contribution < 1.29 is 0 Å². The molecule has 0 saturated heterocycles. The molecule has 0 saturated carbocycles. The van der Waals surface area contributed by atoms with Crippen LogP contribution >= 0.6 is 0 Å². The maximum atomic E-state index is 11.6. The van der Waals surface area contributed by atoms with E-state index in [9.17, 15) is 4.79 Å².